The minimum Gasteiger partial charge on any atom is -1.00 e. The molecule has 0 radical (unpaired) electrons. The first-order chi connectivity index (χ1) is 12.1. The van der Waals surface area contributed by atoms with Crippen molar-refractivity contribution in [2.75, 3.05) is 0 Å². The third-order valence-corrected chi connectivity index (χ3v) is 4.20. The number of rotatable bonds is 16. The first kappa shape index (κ1) is 28.9. The number of aliphatic hydroxyl groups excluding tert-OH is 1. The Balaban J connectivity index is -0.00000288. The summed E-state index contributed by atoms with van der Waals surface area (Å²) >= 11 is 0. The van der Waals surface area contributed by atoms with E-state index in [0.29, 0.717) is 0 Å². The molecule has 0 amide bonds. The second-order valence-electron chi connectivity index (χ2n) is 6.80. The molecule has 5 heteroatoms. The molecule has 0 saturated heterocycles. The van der Waals surface area contributed by atoms with E-state index >= 15 is 0 Å². The van der Waals surface area contributed by atoms with E-state index in [1.165, 1.54) is 64.7 Å². The third-order valence-electron chi connectivity index (χ3n) is 4.20. The predicted octanol–water partition coefficient (Wildman–Crippen LogP) is 2.59. The number of ether oxygens (including phenoxy) is 1. The molecule has 26 heavy (non-hydrogen) atoms. The van der Waals surface area contributed by atoms with Crippen LogP contribution in [0.5, 0.6) is 0 Å². The molecule has 0 aromatic heterocycles. The average molecular weight is 441 g/mol. The van der Waals surface area contributed by atoms with Gasteiger partial charge in [0, 0.05) is 6.42 Å². The maximum atomic E-state index is 11.3. The number of hydrogen-bond acceptors (Lipinski definition) is 4. The molecule has 148 valence electrons. The van der Waals surface area contributed by atoms with Crippen LogP contribution in [0, 0.1) is 0 Å². The maximum Gasteiger partial charge on any atom is 1.00 e. The zero-order valence-corrected chi connectivity index (χ0v) is 22.2. The molecule has 0 heterocycles. The summed E-state index contributed by atoms with van der Waals surface area (Å²) in [7, 11) is 0. The molecular formula is C21H39O4Rb. The van der Waals surface area contributed by atoms with Crippen molar-refractivity contribution in [1.29, 1.82) is 0 Å². The topological polar surface area (TPSA) is 63.6 Å². The number of carbonyl (C=O) groups is 2. The molecule has 1 N–H and O–H groups in total. The van der Waals surface area contributed by atoms with E-state index in [-0.39, 0.29) is 66.0 Å². The van der Waals surface area contributed by atoms with Crippen LogP contribution in [0.2, 0.25) is 0 Å². The standard InChI is InChI=1S/C21H38O4.Rb.H/c1-3-4-5-6-7-8-9-10-11-12-13-14-15-16-17-18-20(23)25-21(24)19(2)22;;/h10-11,19,22H,3-9,12-18H2,1-2H3;;/q;+1;-1/b11-10-;;. The average Bonchev–Trinajstić information content (AvgIpc) is 2.58. The summed E-state index contributed by atoms with van der Waals surface area (Å²) in [6.45, 7) is 3.54. The molecular weight excluding hydrogens is 402 g/mol. The van der Waals surface area contributed by atoms with Crippen molar-refractivity contribution in [2.45, 2.75) is 110 Å². The van der Waals surface area contributed by atoms with Crippen LogP contribution in [0.25, 0.3) is 0 Å². The molecule has 0 saturated carbocycles. The summed E-state index contributed by atoms with van der Waals surface area (Å²) in [6.07, 6.45) is 19.3. The van der Waals surface area contributed by atoms with Crippen LogP contribution in [-0.4, -0.2) is 23.1 Å². The maximum absolute atomic E-state index is 11.3. The largest absolute Gasteiger partial charge is 1.00 e. The third kappa shape index (κ3) is 21.0. The van der Waals surface area contributed by atoms with Gasteiger partial charge in [-0.3, -0.25) is 4.79 Å². The predicted molar refractivity (Wildman–Crippen MR) is 103 cm³/mol. The Bertz CT molecular complexity index is 373. The smallest absolute Gasteiger partial charge is 1.00 e. The Kier molecular flexibility index (Phi) is 24.3. The summed E-state index contributed by atoms with van der Waals surface area (Å²) in [5.74, 6) is -1.40. The van der Waals surface area contributed by atoms with Crippen LogP contribution in [0.3, 0.4) is 0 Å². The molecule has 0 aliphatic heterocycles. The quantitative estimate of drug-likeness (QED) is 0.173. The number of hydrogen-bond donors (Lipinski definition) is 1. The van der Waals surface area contributed by atoms with Gasteiger partial charge < -0.3 is 11.3 Å². The fraction of sp³-hybridized carbons (Fsp3) is 0.810. The molecule has 1 atom stereocenters. The molecule has 0 aromatic carbocycles. The van der Waals surface area contributed by atoms with Crippen molar-refractivity contribution in [3.63, 3.8) is 0 Å². The van der Waals surface area contributed by atoms with E-state index in [9.17, 15) is 9.59 Å². The van der Waals surface area contributed by atoms with Gasteiger partial charge in [0.05, 0.1) is 0 Å². The van der Waals surface area contributed by atoms with Crippen molar-refractivity contribution in [1.82, 2.24) is 0 Å². The summed E-state index contributed by atoms with van der Waals surface area (Å²) in [4.78, 5) is 22.3. The normalized spacial score (nSPS) is 12.0. The number of esters is 2. The van der Waals surface area contributed by atoms with Crippen LogP contribution in [-0.2, 0) is 14.3 Å². The second-order valence-corrected chi connectivity index (χ2v) is 6.80. The van der Waals surface area contributed by atoms with Gasteiger partial charge in [0.1, 0.15) is 6.10 Å². The van der Waals surface area contributed by atoms with Gasteiger partial charge in [-0.25, -0.2) is 4.79 Å². The van der Waals surface area contributed by atoms with Crippen molar-refractivity contribution in [3.8, 4) is 0 Å². The summed E-state index contributed by atoms with van der Waals surface area (Å²) < 4.78 is 4.49. The molecule has 0 aliphatic carbocycles. The van der Waals surface area contributed by atoms with Crippen LogP contribution in [0.15, 0.2) is 12.2 Å². The Hall–Kier alpha value is 0.645. The molecule has 0 aromatic rings. The molecule has 4 nitrogen and oxygen atoms in total. The SMILES string of the molecule is CCCCCCCC/C=C\CCCCCCCC(=O)OC(=O)C(C)O.[H-].[Rb+]. The monoisotopic (exact) mass is 440 g/mol. The summed E-state index contributed by atoms with van der Waals surface area (Å²) in [5.41, 5.74) is 0. The van der Waals surface area contributed by atoms with Crippen LogP contribution in [0.1, 0.15) is 105 Å². The first-order valence-corrected chi connectivity index (χ1v) is 10.2. The number of carbonyl (C=O) groups excluding carboxylic acids is 2. The summed E-state index contributed by atoms with van der Waals surface area (Å²) in [6, 6.07) is 0. The van der Waals surface area contributed by atoms with Crippen LogP contribution >= 0.6 is 0 Å². The fourth-order valence-electron chi connectivity index (χ4n) is 2.59. The Morgan fingerprint density at radius 3 is 1.85 bits per heavy atom. The molecule has 0 rings (SSSR count). The Morgan fingerprint density at radius 2 is 1.35 bits per heavy atom. The molecule has 0 fully saturated rings. The molecule has 1 unspecified atom stereocenters. The second kappa shape index (κ2) is 21.9. The number of aliphatic hydroxyl groups is 1. The van der Waals surface area contributed by atoms with Gasteiger partial charge >= 0.3 is 70.1 Å². The Morgan fingerprint density at radius 1 is 0.885 bits per heavy atom. The fourth-order valence-corrected chi connectivity index (χ4v) is 2.59. The van der Waals surface area contributed by atoms with E-state index in [2.05, 4.69) is 23.8 Å². The van der Waals surface area contributed by atoms with E-state index in [1.54, 1.807) is 0 Å². The van der Waals surface area contributed by atoms with Gasteiger partial charge in [-0.05, 0) is 39.0 Å². The van der Waals surface area contributed by atoms with Crippen LogP contribution < -0.4 is 58.2 Å². The number of unbranched alkanes of at least 4 members (excludes halogenated alkanes) is 11. The zero-order valence-electron chi connectivity index (χ0n) is 18.3. The van der Waals surface area contributed by atoms with Gasteiger partial charge in [-0.1, -0.05) is 70.4 Å². The minimum atomic E-state index is -1.24. The molecule has 0 aliphatic rings. The van der Waals surface area contributed by atoms with Gasteiger partial charge in [0.2, 0.25) is 0 Å². The van der Waals surface area contributed by atoms with Gasteiger partial charge in [-0.2, -0.15) is 0 Å². The van der Waals surface area contributed by atoms with E-state index in [4.69, 9.17) is 5.11 Å². The van der Waals surface area contributed by atoms with Gasteiger partial charge in [0.15, 0.2) is 0 Å². The molecule has 0 spiro atoms. The van der Waals surface area contributed by atoms with Crippen LogP contribution in [0.4, 0.5) is 0 Å². The van der Waals surface area contributed by atoms with Crippen molar-refractivity contribution >= 4 is 11.9 Å². The minimum absolute atomic E-state index is 0. The number of allylic oxidation sites excluding steroid dienone is 2. The molecule has 0 bridgehead atoms. The first-order valence-electron chi connectivity index (χ1n) is 10.2. The van der Waals surface area contributed by atoms with Crippen molar-refractivity contribution < 1.29 is 79.0 Å². The van der Waals surface area contributed by atoms with Crippen molar-refractivity contribution in [3.05, 3.63) is 12.2 Å². The Labute approximate surface area is 210 Å². The zero-order chi connectivity index (χ0) is 18.8. The van der Waals surface area contributed by atoms with Gasteiger partial charge in [0.25, 0.3) is 0 Å². The van der Waals surface area contributed by atoms with Crippen molar-refractivity contribution in [2.24, 2.45) is 0 Å². The van der Waals surface area contributed by atoms with Gasteiger partial charge in [-0.15, -0.1) is 0 Å². The van der Waals surface area contributed by atoms with E-state index < -0.39 is 18.0 Å². The summed E-state index contributed by atoms with van der Waals surface area (Å²) in [5, 5.41) is 8.94. The van der Waals surface area contributed by atoms with E-state index in [0.717, 1.165) is 25.7 Å². The van der Waals surface area contributed by atoms with E-state index in [1.807, 2.05) is 0 Å².